The van der Waals surface area contributed by atoms with E-state index in [-0.39, 0.29) is 24.9 Å². The van der Waals surface area contributed by atoms with Crippen LogP contribution in [0.4, 0.5) is 0 Å². The Hall–Kier alpha value is -4.87. The number of ether oxygens (including phenoxy) is 3. The summed E-state index contributed by atoms with van der Waals surface area (Å²) in [5.41, 5.74) is 1.07. The molecule has 1 N–H and O–H groups in total. The van der Waals surface area contributed by atoms with Gasteiger partial charge in [0.1, 0.15) is 18.1 Å². The Balaban J connectivity index is 1.63. The molecule has 12 heteroatoms. The number of hydrogen-bond acceptors (Lipinski definition) is 9. The Labute approximate surface area is 244 Å². The van der Waals surface area contributed by atoms with Gasteiger partial charge in [-0.15, -0.1) is 10.2 Å². The van der Waals surface area contributed by atoms with Crippen molar-refractivity contribution in [2.75, 3.05) is 27.9 Å². The van der Waals surface area contributed by atoms with E-state index in [1.54, 1.807) is 63.8 Å². The van der Waals surface area contributed by atoms with Gasteiger partial charge in [-0.05, 0) is 86.5 Å². The predicted molar refractivity (Wildman–Crippen MR) is 154 cm³/mol. The molecule has 0 saturated heterocycles. The highest BCUT2D eigenvalue weighted by Crippen LogP contribution is 2.29. The fourth-order valence-corrected chi connectivity index (χ4v) is 4.37. The Bertz CT molecular complexity index is 1480. The van der Waals surface area contributed by atoms with Crippen molar-refractivity contribution >= 4 is 11.8 Å². The summed E-state index contributed by atoms with van der Waals surface area (Å²) in [5, 5.41) is 15.6. The van der Waals surface area contributed by atoms with E-state index in [1.807, 2.05) is 32.9 Å². The van der Waals surface area contributed by atoms with Gasteiger partial charge in [0.25, 0.3) is 5.91 Å². The molecule has 2 amide bonds. The molecule has 2 heterocycles. The summed E-state index contributed by atoms with van der Waals surface area (Å²) in [5.74, 6) is 1.79. The molecule has 12 nitrogen and oxygen atoms in total. The van der Waals surface area contributed by atoms with Crippen LogP contribution in [0.2, 0.25) is 0 Å². The van der Waals surface area contributed by atoms with Crippen LogP contribution >= 0.6 is 0 Å². The van der Waals surface area contributed by atoms with Gasteiger partial charge in [0.05, 0.1) is 27.6 Å². The molecule has 4 aromatic rings. The van der Waals surface area contributed by atoms with Gasteiger partial charge in [0.2, 0.25) is 11.7 Å². The number of rotatable bonds is 12. The summed E-state index contributed by atoms with van der Waals surface area (Å²) in [4.78, 5) is 30.2. The second kappa shape index (κ2) is 13.2. The van der Waals surface area contributed by atoms with E-state index >= 15 is 0 Å². The van der Waals surface area contributed by atoms with E-state index in [2.05, 4.69) is 20.7 Å². The van der Waals surface area contributed by atoms with Gasteiger partial charge in [-0.3, -0.25) is 9.59 Å². The Morgan fingerprint density at radius 3 is 2.36 bits per heavy atom. The minimum absolute atomic E-state index is 0.192. The van der Waals surface area contributed by atoms with Gasteiger partial charge in [-0.25, -0.2) is 0 Å². The average Bonchev–Trinajstić information content (AvgIpc) is 3.67. The third-order valence-electron chi connectivity index (χ3n) is 6.36. The number of carbonyl (C=O) groups is 2. The molecule has 2 aromatic heterocycles. The largest absolute Gasteiger partial charge is 0.497 e. The molecule has 42 heavy (non-hydrogen) atoms. The molecule has 0 aliphatic rings. The first-order valence-corrected chi connectivity index (χ1v) is 13.4. The van der Waals surface area contributed by atoms with Crippen molar-refractivity contribution in [1.82, 2.24) is 30.4 Å². The third-order valence-corrected chi connectivity index (χ3v) is 6.36. The highest BCUT2D eigenvalue weighted by atomic mass is 16.5. The first kappa shape index (κ1) is 30.1. The first-order chi connectivity index (χ1) is 20.1. The first-order valence-electron chi connectivity index (χ1n) is 13.4. The Morgan fingerprint density at radius 2 is 1.74 bits per heavy atom. The number of furan rings is 1. The van der Waals surface area contributed by atoms with Crippen molar-refractivity contribution in [2.45, 2.75) is 45.3 Å². The number of benzene rings is 2. The number of aromatic nitrogens is 4. The number of nitrogens with zero attached hydrogens (tertiary/aromatic N) is 5. The molecule has 0 saturated carbocycles. The van der Waals surface area contributed by atoms with Crippen molar-refractivity contribution in [3.05, 3.63) is 72.2 Å². The quantitative estimate of drug-likeness (QED) is 0.268. The van der Waals surface area contributed by atoms with Crippen molar-refractivity contribution in [2.24, 2.45) is 0 Å². The smallest absolute Gasteiger partial charge is 0.251 e. The van der Waals surface area contributed by atoms with E-state index < -0.39 is 11.6 Å². The second-order valence-corrected chi connectivity index (χ2v) is 10.6. The lowest BCUT2D eigenvalue weighted by atomic mass is 10.0. The van der Waals surface area contributed by atoms with Crippen molar-refractivity contribution in [3.8, 4) is 28.6 Å². The Morgan fingerprint density at radius 1 is 1.00 bits per heavy atom. The molecule has 0 radical (unpaired) electrons. The van der Waals surface area contributed by atoms with Crippen LogP contribution in [0, 0.1) is 0 Å². The van der Waals surface area contributed by atoms with Gasteiger partial charge in [-0.1, -0.05) is 6.07 Å². The fourth-order valence-electron chi connectivity index (χ4n) is 4.37. The van der Waals surface area contributed by atoms with Crippen molar-refractivity contribution in [3.63, 3.8) is 0 Å². The van der Waals surface area contributed by atoms with Gasteiger partial charge >= 0.3 is 0 Å². The van der Waals surface area contributed by atoms with E-state index in [1.165, 1.54) is 16.0 Å². The monoisotopic (exact) mass is 576 g/mol. The van der Waals surface area contributed by atoms with Gasteiger partial charge in [0.15, 0.2) is 17.5 Å². The minimum atomic E-state index is -1.03. The lowest BCUT2D eigenvalue weighted by Gasteiger charge is -2.32. The van der Waals surface area contributed by atoms with Crippen LogP contribution in [-0.4, -0.2) is 70.3 Å². The minimum Gasteiger partial charge on any atom is -0.497 e. The van der Waals surface area contributed by atoms with E-state index in [0.717, 1.165) is 11.1 Å². The predicted octanol–water partition coefficient (Wildman–Crippen LogP) is 3.69. The number of hydrogen-bond donors (Lipinski definition) is 1. The third kappa shape index (κ3) is 7.45. The second-order valence-electron chi connectivity index (χ2n) is 10.6. The number of carbonyl (C=O) groups excluding carboxylic acids is 2. The SMILES string of the molecule is COc1ccc(-c2nnn(CC(=O)N(CCc3ccc(OC)c(OC)c3)[C@H](C(=O)NC(C)(C)C)c3ccco3)n2)cc1. The molecule has 0 aliphatic carbocycles. The zero-order chi connectivity index (χ0) is 30.3. The summed E-state index contributed by atoms with van der Waals surface area (Å²) in [6, 6.07) is 15.1. The Kier molecular flexibility index (Phi) is 9.46. The van der Waals surface area contributed by atoms with E-state index in [4.69, 9.17) is 18.6 Å². The summed E-state index contributed by atoms with van der Waals surface area (Å²) in [6.45, 7) is 5.58. The highest BCUT2D eigenvalue weighted by Gasteiger charge is 2.35. The van der Waals surface area contributed by atoms with Crippen LogP contribution < -0.4 is 19.5 Å². The normalized spacial score (nSPS) is 12.0. The zero-order valence-electron chi connectivity index (χ0n) is 24.7. The van der Waals surface area contributed by atoms with Gasteiger partial charge in [-0.2, -0.15) is 4.80 Å². The van der Waals surface area contributed by atoms with Crippen molar-refractivity contribution < 1.29 is 28.2 Å². The van der Waals surface area contributed by atoms with Crippen LogP contribution in [0.15, 0.2) is 65.3 Å². The molecule has 2 aromatic carbocycles. The fraction of sp³-hybridized carbons (Fsp3) is 0.367. The summed E-state index contributed by atoms with van der Waals surface area (Å²) in [6.07, 6.45) is 1.90. The molecule has 222 valence electrons. The number of methoxy groups -OCH3 is 3. The zero-order valence-corrected chi connectivity index (χ0v) is 24.7. The van der Waals surface area contributed by atoms with Gasteiger partial charge in [0, 0.05) is 17.6 Å². The molecular weight excluding hydrogens is 540 g/mol. The summed E-state index contributed by atoms with van der Waals surface area (Å²) >= 11 is 0. The molecule has 0 fully saturated rings. The molecule has 1 atom stereocenters. The molecule has 4 rings (SSSR count). The van der Waals surface area contributed by atoms with Crippen LogP contribution in [0.25, 0.3) is 11.4 Å². The molecule has 0 bridgehead atoms. The van der Waals surface area contributed by atoms with Crippen LogP contribution in [-0.2, 0) is 22.6 Å². The highest BCUT2D eigenvalue weighted by molar-refractivity contribution is 5.88. The summed E-state index contributed by atoms with van der Waals surface area (Å²) in [7, 11) is 4.72. The number of nitrogens with one attached hydrogen (secondary N) is 1. The van der Waals surface area contributed by atoms with E-state index in [9.17, 15) is 9.59 Å². The van der Waals surface area contributed by atoms with Crippen molar-refractivity contribution in [1.29, 1.82) is 0 Å². The molecule has 0 spiro atoms. The summed E-state index contributed by atoms with van der Waals surface area (Å²) < 4.78 is 21.7. The van der Waals surface area contributed by atoms with Crippen LogP contribution in [0.5, 0.6) is 17.2 Å². The maximum absolute atomic E-state index is 13.9. The maximum atomic E-state index is 13.9. The standard InChI is InChI=1S/C30H36N6O6/c1-30(2,3)31-29(38)27(24-8-7-17-42-24)35(16-15-20-9-14-23(40-5)25(18-20)41-6)26(37)19-36-33-28(32-34-36)21-10-12-22(39-4)13-11-21/h7-14,17-18,27H,15-16,19H2,1-6H3,(H,31,38)/t27-/m0/s1. The molecular formula is C30H36N6O6. The van der Waals surface area contributed by atoms with E-state index in [0.29, 0.717) is 35.3 Å². The lowest BCUT2D eigenvalue weighted by molar-refractivity contribution is -0.143. The maximum Gasteiger partial charge on any atom is 0.251 e. The van der Waals surface area contributed by atoms with Crippen LogP contribution in [0.3, 0.4) is 0 Å². The topological polar surface area (TPSA) is 134 Å². The lowest BCUT2D eigenvalue weighted by Crippen LogP contribution is -2.50. The average molecular weight is 577 g/mol. The number of tetrazole rings is 1. The van der Waals surface area contributed by atoms with Crippen LogP contribution in [0.1, 0.15) is 38.1 Å². The number of amides is 2. The molecule has 0 aliphatic heterocycles. The van der Waals surface area contributed by atoms with Gasteiger partial charge < -0.3 is 28.8 Å². The molecule has 0 unspecified atom stereocenters.